The molecule has 0 unspecified atom stereocenters. The summed E-state index contributed by atoms with van der Waals surface area (Å²) < 4.78 is 40.0. The fourth-order valence-corrected chi connectivity index (χ4v) is 3.86. The zero-order chi connectivity index (χ0) is 22.7. The lowest BCUT2D eigenvalue weighted by atomic mass is 10.1. The first kappa shape index (κ1) is 24.7. The van der Waals surface area contributed by atoms with Crippen LogP contribution in [-0.4, -0.2) is 52.8 Å². The second kappa shape index (κ2) is 12.3. The number of amides is 1. The minimum absolute atomic E-state index is 0.0975. The van der Waals surface area contributed by atoms with Crippen molar-refractivity contribution in [1.82, 2.24) is 4.90 Å². The number of ether oxygens (including phenoxy) is 2. The number of aryl methyl sites for hydroxylation is 2. The molecule has 0 saturated heterocycles. The van der Waals surface area contributed by atoms with Crippen molar-refractivity contribution in [2.45, 2.75) is 38.0 Å². The standard InChI is InChI=1S/C23H31NO6S/c1-4-29-23(25)24(16-6-5-7-20-10-12-21(28-3)13-11-20)17-18-30-31(26,27)22-14-8-19(2)9-15-22/h8-15H,4-7,16-18H2,1-3H3. The predicted molar refractivity (Wildman–Crippen MR) is 119 cm³/mol. The molecule has 0 fully saturated rings. The molecule has 0 aliphatic heterocycles. The molecule has 0 aliphatic rings. The van der Waals surface area contributed by atoms with Crippen LogP contribution >= 0.6 is 0 Å². The molecule has 0 aliphatic carbocycles. The number of carbonyl (C=O) groups excluding carboxylic acids is 1. The van der Waals surface area contributed by atoms with Gasteiger partial charge in [-0.3, -0.25) is 4.18 Å². The van der Waals surface area contributed by atoms with Crippen LogP contribution in [0.2, 0.25) is 0 Å². The second-order valence-corrected chi connectivity index (χ2v) is 8.70. The number of carbonyl (C=O) groups is 1. The van der Waals surface area contributed by atoms with Crippen molar-refractivity contribution in [3.05, 3.63) is 59.7 Å². The molecule has 0 atom stereocenters. The minimum atomic E-state index is -3.87. The Morgan fingerprint density at radius 2 is 1.65 bits per heavy atom. The van der Waals surface area contributed by atoms with Gasteiger partial charge < -0.3 is 14.4 Å². The SMILES string of the molecule is CCOC(=O)N(CCCCc1ccc(OC)cc1)CCOS(=O)(=O)c1ccc(C)cc1. The van der Waals surface area contributed by atoms with Gasteiger partial charge in [-0.25, -0.2) is 4.79 Å². The van der Waals surface area contributed by atoms with Gasteiger partial charge in [-0.05, 0) is 62.9 Å². The molecule has 2 aromatic rings. The lowest BCUT2D eigenvalue weighted by molar-refractivity contribution is 0.100. The molecule has 8 heteroatoms. The van der Waals surface area contributed by atoms with Crippen LogP contribution in [0.5, 0.6) is 5.75 Å². The van der Waals surface area contributed by atoms with E-state index in [0.717, 1.165) is 30.6 Å². The first-order chi connectivity index (χ1) is 14.9. The van der Waals surface area contributed by atoms with Gasteiger partial charge in [0.1, 0.15) is 5.75 Å². The third kappa shape index (κ3) is 8.22. The summed E-state index contributed by atoms with van der Waals surface area (Å²) in [6.07, 6.45) is 2.04. The van der Waals surface area contributed by atoms with Crippen LogP contribution in [0.1, 0.15) is 30.9 Å². The number of benzene rings is 2. The van der Waals surface area contributed by atoms with Gasteiger partial charge in [-0.2, -0.15) is 8.42 Å². The molecule has 0 spiro atoms. The Morgan fingerprint density at radius 3 is 2.26 bits per heavy atom. The Balaban J connectivity index is 1.83. The molecule has 7 nitrogen and oxygen atoms in total. The number of unbranched alkanes of at least 4 members (excludes halogenated alkanes) is 1. The summed E-state index contributed by atoms with van der Waals surface area (Å²) in [5.74, 6) is 0.817. The van der Waals surface area contributed by atoms with Crippen molar-refractivity contribution in [2.24, 2.45) is 0 Å². The van der Waals surface area contributed by atoms with E-state index in [1.165, 1.54) is 22.6 Å². The van der Waals surface area contributed by atoms with Gasteiger partial charge in [0.2, 0.25) is 0 Å². The lowest BCUT2D eigenvalue weighted by Gasteiger charge is -2.21. The van der Waals surface area contributed by atoms with Gasteiger partial charge in [-0.1, -0.05) is 29.8 Å². The first-order valence-electron chi connectivity index (χ1n) is 10.4. The molecule has 0 aromatic heterocycles. The highest BCUT2D eigenvalue weighted by Crippen LogP contribution is 2.15. The average Bonchev–Trinajstić information content (AvgIpc) is 2.76. The van der Waals surface area contributed by atoms with Crippen LogP contribution < -0.4 is 4.74 Å². The summed E-state index contributed by atoms with van der Waals surface area (Å²) in [6, 6.07) is 14.3. The Kier molecular flexibility index (Phi) is 9.81. The Bertz CT molecular complexity index is 910. The molecular formula is C23H31NO6S. The number of methoxy groups -OCH3 is 1. The molecule has 0 heterocycles. The predicted octanol–water partition coefficient (Wildman–Crippen LogP) is 4.19. The highest BCUT2D eigenvalue weighted by molar-refractivity contribution is 7.86. The van der Waals surface area contributed by atoms with Gasteiger partial charge in [-0.15, -0.1) is 0 Å². The summed E-state index contributed by atoms with van der Waals surface area (Å²) >= 11 is 0. The molecule has 2 aromatic carbocycles. The van der Waals surface area contributed by atoms with E-state index in [0.29, 0.717) is 6.54 Å². The van der Waals surface area contributed by atoms with E-state index >= 15 is 0 Å². The largest absolute Gasteiger partial charge is 0.497 e. The van der Waals surface area contributed by atoms with E-state index in [4.69, 9.17) is 13.7 Å². The lowest BCUT2D eigenvalue weighted by Crippen LogP contribution is -2.35. The Labute approximate surface area is 185 Å². The Hall–Kier alpha value is -2.58. The number of nitrogens with zero attached hydrogens (tertiary/aromatic N) is 1. The average molecular weight is 450 g/mol. The number of hydrogen-bond donors (Lipinski definition) is 0. The van der Waals surface area contributed by atoms with Crippen molar-refractivity contribution in [1.29, 1.82) is 0 Å². The Morgan fingerprint density at radius 1 is 0.968 bits per heavy atom. The van der Waals surface area contributed by atoms with Gasteiger partial charge in [0, 0.05) is 13.1 Å². The van der Waals surface area contributed by atoms with E-state index in [1.54, 1.807) is 26.2 Å². The van der Waals surface area contributed by atoms with Crippen LogP contribution in [0.25, 0.3) is 0 Å². The molecule has 31 heavy (non-hydrogen) atoms. The fourth-order valence-electron chi connectivity index (χ4n) is 2.96. The van der Waals surface area contributed by atoms with E-state index in [1.807, 2.05) is 31.2 Å². The van der Waals surface area contributed by atoms with Crippen molar-refractivity contribution >= 4 is 16.2 Å². The van der Waals surface area contributed by atoms with Crippen molar-refractivity contribution in [3.63, 3.8) is 0 Å². The fraction of sp³-hybridized carbons (Fsp3) is 0.435. The van der Waals surface area contributed by atoms with Gasteiger partial charge >= 0.3 is 6.09 Å². The highest BCUT2D eigenvalue weighted by atomic mass is 32.2. The molecule has 0 N–H and O–H groups in total. The third-order valence-corrected chi connectivity index (χ3v) is 6.06. The van der Waals surface area contributed by atoms with Crippen molar-refractivity contribution in [3.8, 4) is 5.75 Å². The molecule has 2 rings (SSSR count). The summed E-state index contributed by atoms with van der Waals surface area (Å²) in [7, 11) is -2.23. The first-order valence-corrected chi connectivity index (χ1v) is 11.8. The summed E-state index contributed by atoms with van der Waals surface area (Å²) in [6.45, 7) is 4.33. The van der Waals surface area contributed by atoms with Crippen LogP contribution in [0.3, 0.4) is 0 Å². The smallest absolute Gasteiger partial charge is 0.409 e. The van der Waals surface area contributed by atoms with Gasteiger partial charge in [0.15, 0.2) is 0 Å². The maximum absolute atomic E-state index is 12.3. The number of rotatable bonds is 12. The monoisotopic (exact) mass is 449 g/mol. The number of hydrogen-bond acceptors (Lipinski definition) is 6. The quantitative estimate of drug-likeness (QED) is 0.357. The maximum atomic E-state index is 12.3. The van der Waals surface area contributed by atoms with Crippen LogP contribution in [0.15, 0.2) is 53.4 Å². The summed E-state index contributed by atoms with van der Waals surface area (Å²) in [5, 5.41) is 0. The molecule has 1 amide bonds. The van der Waals surface area contributed by atoms with Crippen LogP contribution in [0, 0.1) is 6.92 Å². The highest BCUT2D eigenvalue weighted by Gasteiger charge is 2.18. The molecule has 0 saturated carbocycles. The van der Waals surface area contributed by atoms with Crippen molar-refractivity contribution < 1.29 is 26.9 Å². The van der Waals surface area contributed by atoms with E-state index in [9.17, 15) is 13.2 Å². The van der Waals surface area contributed by atoms with E-state index in [2.05, 4.69) is 0 Å². The van der Waals surface area contributed by atoms with Gasteiger partial charge in [0.05, 0.1) is 25.2 Å². The van der Waals surface area contributed by atoms with Crippen LogP contribution in [-0.2, 0) is 25.5 Å². The van der Waals surface area contributed by atoms with E-state index in [-0.39, 0.29) is 24.7 Å². The van der Waals surface area contributed by atoms with Gasteiger partial charge in [0.25, 0.3) is 10.1 Å². The molecule has 170 valence electrons. The van der Waals surface area contributed by atoms with Crippen LogP contribution in [0.4, 0.5) is 4.79 Å². The molecular weight excluding hydrogens is 418 g/mol. The normalized spacial score (nSPS) is 11.2. The molecule has 0 bridgehead atoms. The van der Waals surface area contributed by atoms with Crippen molar-refractivity contribution in [2.75, 3.05) is 33.4 Å². The maximum Gasteiger partial charge on any atom is 0.409 e. The third-order valence-electron chi connectivity index (χ3n) is 4.74. The zero-order valence-electron chi connectivity index (χ0n) is 18.4. The molecule has 0 radical (unpaired) electrons. The minimum Gasteiger partial charge on any atom is -0.497 e. The topological polar surface area (TPSA) is 82.1 Å². The van der Waals surface area contributed by atoms with E-state index < -0.39 is 16.2 Å². The summed E-state index contributed by atoms with van der Waals surface area (Å²) in [5.41, 5.74) is 2.15. The second-order valence-electron chi connectivity index (χ2n) is 7.08. The zero-order valence-corrected chi connectivity index (χ0v) is 19.2. The summed E-state index contributed by atoms with van der Waals surface area (Å²) in [4.78, 5) is 13.8.